The second-order valence-corrected chi connectivity index (χ2v) is 3.76. The summed E-state index contributed by atoms with van der Waals surface area (Å²) in [5.41, 5.74) is 0. The Balaban J connectivity index is 1.85. The summed E-state index contributed by atoms with van der Waals surface area (Å²) in [4.78, 5) is 16.8. The Morgan fingerprint density at radius 2 is 2.24 bits per heavy atom. The van der Waals surface area contributed by atoms with Gasteiger partial charge < -0.3 is 4.74 Å². The lowest BCUT2D eigenvalue weighted by molar-refractivity contribution is -0.198. The molecular formula is C12H14FNO3. The van der Waals surface area contributed by atoms with Crippen molar-refractivity contribution in [2.45, 2.75) is 12.8 Å². The molecule has 17 heavy (non-hydrogen) atoms. The molecule has 92 valence electrons. The van der Waals surface area contributed by atoms with Crippen molar-refractivity contribution in [1.29, 1.82) is 0 Å². The lowest BCUT2D eigenvalue weighted by atomic mass is 10.3. The van der Waals surface area contributed by atoms with E-state index in [0.717, 1.165) is 12.8 Å². The number of para-hydroxylation sites is 1. The molecule has 1 aliphatic heterocycles. The van der Waals surface area contributed by atoms with Crippen molar-refractivity contribution in [2.75, 3.05) is 19.8 Å². The number of halogens is 1. The van der Waals surface area contributed by atoms with Crippen LogP contribution in [0.5, 0.6) is 5.75 Å². The van der Waals surface area contributed by atoms with Gasteiger partial charge in [0.15, 0.2) is 18.2 Å². The molecule has 0 aliphatic carbocycles. The standard InChI is InChI=1S/C12H14FNO3/c13-10-5-1-2-6-11(10)16-9-12(15)14-7-3-4-8-17-14/h1-2,5-6H,3-4,7-9H2. The number of benzene rings is 1. The van der Waals surface area contributed by atoms with Crippen LogP contribution in [0.4, 0.5) is 4.39 Å². The van der Waals surface area contributed by atoms with Crippen molar-refractivity contribution in [3.8, 4) is 5.75 Å². The maximum Gasteiger partial charge on any atom is 0.283 e. The molecule has 1 fully saturated rings. The zero-order valence-corrected chi connectivity index (χ0v) is 9.39. The molecule has 1 aromatic rings. The van der Waals surface area contributed by atoms with Gasteiger partial charge in [-0.15, -0.1) is 0 Å². The monoisotopic (exact) mass is 239 g/mol. The summed E-state index contributed by atoms with van der Waals surface area (Å²) >= 11 is 0. The highest BCUT2D eigenvalue weighted by Gasteiger charge is 2.18. The summed E-state index contributed by atoms with van der Waals surface area (Å²) in [5, 5.41) is 1.28. The van der Waals surface area contributed by atoms with Crippen LogP contribution in [-0.4, -0.2) is 30.7 Å². The van der Waals surface area contributed by atoms with E-state index >= 15 is 0 Å². The molecule has 0 unspecified atom stereocenters. The first kappa shape index (κ1) is 11.9. The molecule has 0 radical (unpaired) electrons. The maximum atomic E-state index is 13.2. The van der Waals surface area contributed by atoms with Crippen LogP contribution in [0.15, 0.2) is 24.3 Å². The van der Waals surface area contributed by atoms with Crippen molar-refractivity contribution in [3.05, 3.63) is 30.1 Å². The van der Waals surface area contributed by atoms with Gasteiger partial charge in [-0.25, -0.2) is 9.45 Å². The first-order chi connectivity index (χ1) is 8.27. The van der Waals surface area contributed by atoms with E-state index in [9.17, 15) is 9.18 Å². The lowest BCUT2D eigenvalue weighted by Gasteiger charge is -2.25. The quantitative estimate of drug-likeness (QED) is 0.806. The number of rotatable bonds is 3. The number of hydrogen-bond donors (Lipinski definition) is 0. The molecule has 2 rings (SSSR count). The number of carbonyl (C=O) groups excluding carboxylic acids is 1. The first-order valence-corrected chi connectivity index (χ1v) is 5.58. The third-order valence-electron chi connectivity index (χ3n) is 2.47. The molecule has 1 heterocycles. The summed E-state index contributed by atoms with van der Waals surface area (Å²) in [7, 11) is 0. The third kappa shape index (κ3) is 3.17. The molecule has 1 saturated heterocycles. The molecule has 0 aromatic heterocycles. The van der Waals surface area contributed by atoms with Crippen LogP contribution in [-0.2, 0) is 9.63 Å². The van der Waals surface area contributed by atoms with Gasteiger partial charge in [-0.05, 0) is 25.0 Å². The molecule has 0 spiro atoms. The van der Waals surface area contributed by atoms with Crippen LogP contribution in [0.25, 0.3) is 0 Å². The van der Waals surface area contributed by atoms with Gasteiger partial charge in [-0.1, -0.05) is 12.1 Å². The summed E-state index contributed by atoms with van der Waals surface area (Å²) in [5.74, 6) is -0.675. The molecule has 4 nitrogen and oxygen atoms in total. The van der Waals surface area contributed by atoms with E-state index in [1.807, 2.05) is 0 Å². The second kappa shape index (κ2) is 5.63. The normalized spacial score (nSPS) is 15.7. The molecule has 0 N–H and O–H groups in total. The van der Waals surface area contributed by atoms with Gasteiger partial charge in [-0.2, -0.15) is 0 Å². The summed E-state index contributed by atoms with van der Waals surface area (Å²) in [6.45, 7) is 0.909. The van der Waals surface area contributed by atoms with E-state index in [1.54, 1.807) is 12.1 Å². The topological polar surface area (TPSA) is 38.8 Å². The molecule has 0 bridgehead atoms. The SMILES string of the molecule is O=C(COc1ccccc1F)N1CCCCO1. The smallest absolute Gasteiger partial charge is 0.283 e. The van der Waals surface area contributed by atoms with Gasteiger partial charge >= 0.3 is 0 Å². The van der Waals surface area contributed by atoms with Crippen molar-refractivity contribution in [1.82, 2.24) is 5.06 Å². The molecule has 1 amide bonds. The van der Waals surface area contributed by atoms with E-state index in [2.05, 4.69) is 0 Å². The Hall–Kier alpha value is -1.62. The van der Waals surface area contributed by atoms with E-state index in [4.69, 9.17) is 9.57 Å². The highest BCUT2D eigenvalue weighted by molar-refractivity contribution is 5.76. The fourth-order valence-corrected chi connectivity index (χ4v) is 1.57. The van der Waals surface area contributed by atoms with Gasteiger partial charge in [0.05, 0.1) is 6.61 Å². The number of amides is 1. The minimum absolute atomic E-state index is 0.0814. The molecule has 0 atom stereocenters. The summed E-state index contributed by atoms with van der Waals surface area (Å²) in [6, 6.07) is 5.99. The van der Waals surface area contributed by atoms with E-state index in [0.29, 0.717) is 13.2 Å². The van der Waals surface area contributed by atoms with Crippen molar-refractivity contribution in [3.63, 3.8) is 0 Å². The van der Waals surface area contributed by atoms with Crippen LogP contribution in [0.1, 0.15) is 12.8 Å². The lowest BCUT2D eigenvalue weighted by Crippen LogP contribution is -2.38. The molecule has 5 heteroatoms. The van der Waals surface area contributed by atoms with Gasteiger partial charge in [0, 0.05) is 6.54 Å². The fraction of sp³-hybridized carbons (Fsp3) is 0.417. The second-order valence-electron chi connectivity index (χ2n) is 3.76. The van der Waals surface area contributed by atoms with Crippen LogP contribution in [0.3, 0.4) is 0 Å². The largest absolute Gasteiger partial charge is 0.481 e. The van der Waals surface area contributed by atoms with Gasteiger partial charge in [0.25, 0.3) is 5.91 Å². The highest BCUT2D eigenvalue weighted by atomic mass is 19.1. The van der Waals surface area contributed by atoms with Gasteiger partial charge in [-0.3, -0.25) is 9.63 Å². The van der Waals surface area contributed by atoms with E-state index in [-0.39, 0.29) is 18.3 Å². The molecule has 1 aliphatic rings. The Morgan fingerprint density at radius 1 is 1.41 bits per heavy atom. The Kier molecular flexibility index (Phi) is 3.93. The molecule has 1 aromatic carbocycles. The number of nitrogens with zero attached hydrogens (tertiary/aromatic N) is 1. The fourth-order valence-electron chi connectivity index (χ4n) is 1.57. The number of hydrogen-bond acceptors (Lipinski definition) is 3. The number of hydroxylamine groups is 2. The van der Waals surface area contributed by atoms with Crippen molar-refractivity contribution < 1.29 is 18.8 Å². The Labute approximate surface area is 98.9 Å². The van der Waals surface area contributed by atoms with Crippen molar-refractivity contribution in [2.24, 2.45) is 0 Å². The Bertz CT molecular complexity index is 391. The van der Waals surface area contributed by atoms with Gasteiger partial charge in [0.2, 0.25) is 0 Å². The average molecular weight is 239 g/mol. The van der Waals surface area contributed by atoms with Gasteiger partial charge in [0.1, 0.15) is 0 Å². The molecular weight excluding hydrogens is 225 g/mol. The first-order valence-electron chi connectivity index (χ1n) is 5.58. The third-order valence-corrected chi connectivity index (χ3v) is 2.47. The van der Waals surface area contributed by atoms with E-state index in [1.165, 1.54) is 17.2 Å². The highest BCUT2D eigenvalue weighted by Crippen LogP contribution is 2.15. The minimum atomic E-state index is -0.472. The van der Waals surface area contributed by atoms with E-state index < -0.39 is 5.82 Å². The predicted molar refractivity (Wildman–Crippen MR) is 58.8 cm³/mol. The van der Waals surface area contributed by atoms with Crippen LogP contribution in [0.2, 0.25) is 0 Å². The predicted octanol–water partition coefficient (Wildman–Crippen LogP) is 1.76. The van der Waals surface area contributed by atoms with Crippen molar-refractivity contribution >= 4 is 5.91 Å². The number of ether oxygens (including phenoxy) is 1. The van der Waals surface area contributed by atoms with Crippen LogP contribution in [0, 0.1) is 5.82 Å². The summed E-state index contributed by atoms with van der Waals surface area (Å²) in [6.07, 6.45) is 1.88. The maximum absolute atomic E-state index is 13.2. The number of carbonyl (C=O) groups is 1. The zero-order chi connectivity index (χ0) is 12.1. The minimum Gasteiger partial charge on any atom is -0.481 e. The Morgan fingerprint density at radius 3 is 2.94 bits per heavy atom. The summed E-state index contributed by atoms with van der Waals surface area (Å²) < 4.78 is 18.3. The zero-order valence-electron chi connectivity index (χ0n) is 9.39. The van der Waals surface area contributed by atoms with Crippen LogP contribution < -0.4 is 4.74 Å². The van der Waals surface area contributed by atoms with Crippen LogP contribution >= 0.6 is 0 Å². The molecule has 0 saturated carbocycles. The average Bonchev–Trinajstić information content (AvgIpc) is 2.38.